The average molecular weight is 447 g/mol. The number of hydrogen-bond acceptors (Lipinski definition) is 6. The molecule has 1 aromatic heterocycles. The van der Waals surface area contributed by atoms with Gasteiger partial charge in [-0.15, -0.1) is 11.3 Å². The second-order valence-electron chi connectivity index (χ2n) is 7.01. The summed E-state index contributed by atoms with van der Waals surface area (Å²) in [7, 11) is 1.21. The fourth-order valence-corrected chi connectivity index (χ4v) is 4.00. The van der Waals surface area contributed by atoms with Crippen LogP contribution in [-0.4, -0.2) is 72.3 Å². The normalized spacial score (nSPS) is 17.1. The smallest absolute Gasteiger partial charge is 0.328 e. The van der Waals surface area contributed by atoms with Gasteiger partial charge in [-0.1, -0.05) is 12.1 Å². The van der Waals surface area contributed by atoms with E-state index in [-0.39, 0.29) is 31.1 Å². The van der Waals surface area contributed by atoms with E-state index in [0.717, 1.165) is 6.07 Å². The lowest BCUT2D eigenvalue weighted by molar-refractivity contribution is -0.145. The fraction of sp³-hybridized carbons (Fsp3) is 0.333. The van der Waals surface area contributed by atoms with E-state index >= 15 is 0 Å². The molecule has 0 unspecified atom stereocenters. The molecule has 0 spiro atoms. The average Bonchev–Trinajstić information content (AvgIpc) is 3.32. The largest absolute Gasteiger partial charge is 0.467 e. The predicted molar refractivity (Wildman–Crippen MR) is 111 cm³/mol. The third-order valence-corrected chi connectivity index (χ3v) is 5.81. The van der Waals surface area contributed by atoms with Crippen LogP contribution in [0.2, 0.25) is 0 Å². The van der Waals surface area contributed by atoms with Crippen LogP contribution in [0.25, 0.3) is 0 Å². The van der Waals surface area contributed by atoms with Crippen molar-refractivity contribution >= 4 is 35.0 Å². The van der Waals surface area contributed by atoms with Crippen molar-refractivity contribution in [2.24, 2.45) is 0 Å². The molecule has 0 bridgehead atoms. The second-order valence-corrected chi connectivity index (χ2v) is 7.95. The molecular formula is C21H22FN3O5S. The summed E-state index contributed by atoms with van der Waals surface area (Å²) in [6.07, 6.45) is 0. The predicted octanol–water partition coefficient (Wildman–Crippen LogP) is 1.53. The van der Waals surface area contributed by atoms with Crippen LogP contribution in [0.3, 0.4) is 0 Å². The molecule has 10 heteroatoms. The van der Waals surface area contributed by atoms with Crippen LogP contribution in [0.1, 0.15) is 27.0 Å². The number of piperazine rings is 1. The molecule has 31 heavy (non-hydrogen) atoms. The molecule has 3 amide bonds. The quantitative estimate of drug-likeness (QED) is 0.702. The number of carbonyl (C=O) groups is 4. The summed E-state index contributed by atoms with van der Waals surface area (Å²) < 4.78 is 18.2. The van der Waals surface area contributed by atoms with Gasteiger partial charge in [-0.25, -0.2) is 9.18 Å². The summed E-state index contributed by atoms with van der Waals surface area (Å²) in [4.78, 5) is 53.7. The maximum atomic E-state index is 13.5. The van der Waals surface area contributed by atoms with E-state index in [2.05, 4.69) is 10.1 Å². The molecule has 2 aromatic rings. The molecule has 164 valence electrons. The Morgan fingerprint density at radius 3 is 2.58 bits per heavy atom. The number of hydrogen-bond donors (Lipinski definition) is 1. The van der Waals surface area contributed by atoms with Gasteiger partial charge in [0, 0.05) is 18.7 Å². The van der Waals surface area contributed by atoms with Gasteiger partial charge in [0.05, 0.1) is 18.5 Å². The molecule has 0 saturated carbocycles. The highest BCUT2D eigenvalue weighted by Gasteiger charge is 2.38. The van der Waals surface area contributed by atoms with E-state index in [1.807, 2.05) is 0 Å². The van der Waals surface area contributed by atoms with E-state index in [9.17, 15) is 23.6 Å². The zero-order valence-corrected chi connectivity index (χ0v) is 17.9. The number of carbonyl (C=O) groups excluding carboxylic acids is 4. The van der Waals surface area contributed by atoms with Gasteiger partial charge in [0.2, 0.25) is 5.91 Å². The summed E-state index contributed by atoms with van der Waals surface area (Å²) in [5.74, 6) is -2.54. The minimum atomic E-state index is -1.02. The third kappa shape index (κ3) is 5.08. The summed E-state index contributed by atoms with van der Waals surface area (Å²) >= 11 is 1.25. The Morgan fingerprint density at radius 2 is 1.94 bits per heavy atom. The molecule has 3 rings (SSSR count). The lowest BCUT2D eigenvalue weighted by atomic mass is 10.1. The van der Waals surface area contributed by atoms with E-state index < -0.39 is 35.7 Å². The molecule has 1 aliphatic rings. The van der Waals surface area contributed by atoms with Gasteiger partial charge in [0.1, 0.15) is 17.9 Å². The maximum Gasteiger partial charge on any atom is 0.328 e. The highest BCUT2D eigenvalue weighted by molar-refractivity contribution is 7.12. The molecule has 1 saturated heterocycles. The van der Waals surface area contributed by atoms with Gasteiger partial charge in [-0.05, 0) is 36.6 Å². The number of nitrogens with one attached hydrogen (secondary N) is 1. The first-order valence-electron chi connectivity index (χ1n) is 9.59. The summed E-state index contributed by atoms with van der Waals surface area (Å²) in [5, 5.41) is 4.29. The van der Waals surface area contributed by atoms with E-state index in [0.29, 0.717) is 4.88 Å². The first-order chi connectivity index (χ1) is 14.8. The molecule has 2 atom stereocenters. The van der Waals surface area contributed by atoms with Crippen LogP contribution in [0, 0.1) is 5.82 Å². The van der Waals surface area contributed by atoms with Crippen molar-refractivity contribution in [3.8, 4) is 0 Å². The van der Waals surface area contributed by atoms with Gasteiger partial charge >= 0.3 is 5.97 Å². The summed E-state index contributed by atoms with van der Waals surface area (Å²) in [5.41, 5.74) is 0.153. The van der Waals surface area contributed by atoms with E-state index in [1.165, 1.54) is 53.4 Å². The molecule has 1 aliphatic heterocycles. The van der Waals surface area contributed by atoms with Crippen LogP contribution in [-0.2, 0) is 14.3 Å². The van der Waals surface area contributed by atoms with Crippen molar-refractivity contribution in [2.75, 3.05) is 26.7 Å². The number of amides is 3. The van der Waals surface area contributed by atoms with Gasteiger partial charge < -0.3 is 19.9 Å². The molecule has 1 aromatic carbocycles. The first-order valence-corrected chi connectivity index (χ1v) is 10.5. The lowest BCUT2D eigenvalue weighted by Crippen LogP contribution is -2.62. The number of ether oxygens (including phenoxy) is 1. The standard InChI is InChI=1S/C21H22FN3O5S/c1-13(21(29)30-2)23-18(26)16-12-24(19(27)14-5-3-6-15(22)11-14)8-9-25(16)20(28)17-7-4-10-31-17/h3-7,10-11,13,16H,8-9,12H2,1-2H3,(H,23,26)/t13-,16+/m1/s1. The number of halogens is 1. The van der Waals surface area contributed by atoms with Crippen molar-refractivity contribution in [1.29, 1.82) is 0 Å². The Bertz CT molecular complexity index is 981. The minimum absolute atomic E-state index is 0.0911. The minimum Gasteiger partial charge on any atom is -0.467 e. The Labute approximate surface area is 182 Å². The van der Waals surface area contributed by atoms with Gasteiger partial charge in [-0.3, -0.25) is 14.4 Å². The van der Waals surface area contributed by atoms with Crippen molar-refractivity contribution in [2.45, 2.75) is 19.0 Å². The highest BCUT2D eigenvalue weighted by atomic mass is 32.1. The lowest BCUT2D eigenvalue weighted by Gasteiger charge is -2.40. The van der Waals surface area contributed by atoms with E-state index in [4.69, 9.17) is 0 Å². The highest BCUT2D eigenvalue weighted by Crippen LogP contribution is 2.20. The number of nitrogens with zero attached hydrogens (tertiary/aromatic N) is 2. The Kier molecular flexibility index (Phi) is 7.01. The molecule has 1 fully saturated rings. The summed E-state index contributed by atoms with van der Waals surface area (Å²) in [6, 6.07) is 6.72. The third-order valence-electron chi connectivity index (χ3n) is 4.95. The number of rotatable bonds is 5. The Balaban J connectivity index is 1.83. The molecule has 2 heterocycles. The van der Waals surface area contributed by atoms with Crippen LogP contribution in [0.15, 0.2) is 41.8 Å². The van der Waals surface area contributed by atoms with Crippen LogP contribution in [0.5, 0.6) is 0 Å². The van der Waals surface area contributed by atoms with Crippen molar-refractivity contribution in [3.05, 3.63) is 58.0 Å². The zero-order chi connectivity index (χ0) is 22.5. The SMILES string of the molecule is COC(=O)[C@@H](C)NC(=O)[C@@H]1CN(C(=O)c2cccc(F)c2)CCN1C(=O)c1cccs1. The van der Waals surface area contributed by atoms with Gasteiger partial charge in [0.15, 0.2) is 0 Å². The molecule has 1 N–H and O–H groups in total. The second kappa shape index (κ2) is 9.69. The van der Waals surface area contributed by atoms with Crippen molar-refractivity contribution in [1.82, 2.24) is 15.1 Å². The first kappa shape index (κ1) is 22.4. The Hall–Kier alpha value is -3.27. The monoisotopic (exact) mass is 447 g/mol. The molecule has 0 radical (unpaired) electrons. The van der Waals surface area contributed by atoms with Gasteiger partial charge in [0.25, 0.3) is 11.8 Å². The van der Waals surface area contributed by atoms with Crippen LogP contribution < -0.4 is 5.32 Å². The van der Waals surface area contributed by atoms with Gasteiger partial charge in [-0.2, -0.15) is 0 Å². The van der Waals surface area contributed by atoms with Crippen LogP contribution in [0.4, 0.5) is 4.39 Å². The van der Waals surface area contributed by atoms with Crippen molar-refractivity contribution < 1.29 is 28.3 Å². The number of esters is 1. The number of methoxy groups -OCH3 is 1. The van der Waals surface area contributed by atoms with Crippen LogP contribution >= 0.6 is 11.3 Å². The number of benzene rings is 1. The van der Waals surface area contributed by atoms with Crippen molar-refractivity contribution in [3.63, 3.8) is 0 Å². The zero-order valence-electron chi connectivity index (χ0n) is 17.0. The topological polar surface area (TPSA) is 96.0 Å². The molecule has 8 nitrogen and oxygen atoms in total. The maximum absolute atomic E-state index is 13.5. The Morgan fingerprint density at radius 1 is 1.16 bits per heavy atom. The fourth-order valence-electron chi connectivity index (χ4n) is 3.33. The summed E-state index contributed by atoms with van der Waals surface area (Å²) in [6.45, 7) is 1.67. The molecule has 0 aliphatic carbocycles. The molecular weight excluding hydrogens is 425 g/mol. The van der Waals surface area contributed by atoms with E-state index in [1.54, 1.807) is 17.5 Å². The number of thiophene rings is 1.